The summed E-state index contributed by atoms with van der Waals surface area (Å²) in [7, 11) is 1.80. The van der Waals surface area contributed by atoms with E-state index in [0.29, 0.717) is 25.3 Å². The predicted molar refractivity (Wildman–Crippen MR) is 99.5 cm³/mol. The summed E-state index contributed by atoms with van der Waals surface area (Å²) in [5, 5.41) is 11.0. The van der Waals surface area contributed by atoms with Crippen LogP contribution < -0.4 is 5.69 Å². The number of carbonyl (C=O) groups is 1. The molecule has 1 aliphatic rings. The first-order chi connectivity index (χ1) is 13.1. The zero-order valence-electron chi connectivity index (χ0n) is 15.2. The second kappa shape index (κ2) is 7.22. The maximum atomic E-state index is 12.5. The molecule has 0 spiro atoms. The first kappa shape index (κ1) is 17.3. The minimum Gasteiger partial charge on any atom is -0.337 e. The molecule has 3 heterocycles. The third kappa shape index (κ3) is 3.55. The molecular formula is C19H22N6O2. The Kier molecular flexibility index (Phi) is 4.62. The van der Waals surface area contributed by atoms with E-state index >= 15 is 0 Å². The Balaban J connectivity index is 1.46. The van der Waals surface area contributed by atoms with Crippen molar-refractivity contribution in [2.24, 2.45) is 7.05 Å². The third-order valence-corrected chi connectivity index (χ3v) is 5.05. The van der Waals surface area contributed by atoms with E-state index in [2.05, 4.69) is 15.3 Å². The Morgan fingerprint density at radius 2 is 1.93 bits per heavy atom. The molecule has 8 heteroatoms. The maximum absolute atomic E-state index is 12.5. The number of H-pyrrole nitrogens is 1. The predicted octanol–water partition coefficient (Wildman–Crippen LogP) is 1.37. The SMILES string of the molecule is Cn1ccc(C(=O)N2CCC(c3n[nH]c(=O)n3Cc3ccccc3)CC2)n1. The van der Waals surface area contributed by atoms with Gasteiger partial charge in [0.15, 0.2) is 0 Å². The fourth-order valence-corrected chi connectivity index (χ4v) is 3.59. The lowest BCUT2D eigenvalue weighted by molar-refractivity contribution is 0.0703. The first-order valence-corrected chi connectivity index (χ1v) is 9.10. The third-order valence-electron chi connectivity index (χ3n) is 5.05. The van der Waals surface area contributed by atoms with Crippen LogP contribution in [-0.2, 0) is 13.6 Å². The van der Waals surface area contributed by atoms with Gasteiger partial charge in [0.05, 0.1) is 6.54 Å². The van der Waals surface area contributed by atoms with E-state index in [-0.39, 0.29) is 17.5 Å². The summed E-state index contributed by atoms with van der Waals surface area (Å²) in [5.74, 6) is 0.881. The lowest BCUT2D eigenvalue weighted by atomic mass is 9.95. The van der Waals surface area contributed by atoms with Crippen LogP contribution in [0.25, 0.3) is 0 Å². The zero-order valence-corrected chi connectivity index (χ0v) is 15.2. The van der Waals surface area contributed by atoms with Crippen LogP contribution in [0.5, 0.6) is 0 Å². The zero-order chi connectivity index (χ0) is 18.8. The standard InChI is InChI=1S/C19H22N6O2/c1-23-10-9-16(22-23)18(26)24-11-7-15(8-12-24)17-20-21-19(27)25(17)13-14-5-3-2-4-6-14/h2-6,9-10,15H,7-8,11-13H2,1H3,(H,21,27). The molecule has 3 aromatic rings. The number of aromatic nitrogens is 5. The number of nitrogens with zero attached hydrogens (tertiary/aromatic N) is 5. The summed E-state index contributed by atoms with van der Waals surface area (Å²) in [6.45, 7) is 1.76. The first-order valence-electron chi connectivity index (χ1n) is 9.10. The number of benzene rings is 1. The van der Waals surface area contributed by atoms with Gasteiger partial charge < -0.3 is 4.90 Å². The van der Waals surface area contributed by atoms with E-state index in [1.54, 1.807) is 28.6 Å². The Morgan fingerprint density at radius 1 is 1.19 bits per heavy atom. The fraction of sp³-hybridized carbons (Fsp3) is 0.368. The van der Waals surface area contributed by atoms with Gasteiger partial charge in [-0.3, -0.25) is 14.0 Å². The number of hydrogen-bond donors (Lipinski definition) is 1. The van der Waals surface area contributed by atoms with E-state index in [1.165, 1.54) is 0 Å². The molecule has 1 aromatic carbocycles. The highest BCUT2D eigenvalue weighted by Crippen LogP contribution is 2.27. The summed E-state index contributed by atoms with van der Waals surface area (Å²) in [6, 6.07) is 11.6. The van der Waals surface area contributed by atoms with Gasteiger partial charge in [0.2, 0.25) is 0 Å². The molecule has 0 unspecified atom stereocenters. The molecule has 0 atom stereocenters. The van der Waals surface area contributed by atoms with Crippen molar-refractivity contribution in [3.05, 3.63) is 70.2 Å². The van der Waals surface area contributed by atoms with Crippen LogP contribution in [0.3, 0.4) is 0 Å². The van der Waals surface area contributed by atoms with E-state index in [9.17, 15) is 9.59 Å². The molecule has 27 heavy (non-hydrogen) atoms. The van der Waals surface area contributed by atoms with Crippen molar-refractivity contribution in [1.82, 2.24) is 29.4 Å². The Labute approximate surface area is 156 Å². The van der Waals surface area contributed by atoms with Crippen molar-refractivity contribution in [1.29, 1.82) is 0 Å². The highest BCUT2D eigenvalue weighted by Gasteiger charge is 2.28. The molecule has 0 radical (unpaired) electrons. The van der Waals surface area contributed by atoms with E-state index in [4.69, 9.17) is 0 Å². The molecule has 1 saturated heterocycles. The molecule has 1 aliphatic heterocycles. The van der Waals surface area contributed by atoms with E-state index in [0.717, 1.165) is 24.2 Å². The van der Waals surface area contributed by atoms with Gasteiger partial charge in [-0.15, -0.1) is 0 Å². The normalized spacial score (nSPS) is 15.2. The Bertz CT molecular complexity index is 979. The number of hydrogen-bond acceptors (Lipinski definition) is 4. The van der Waals surface area contributed by atoms with E-state index in [1.807, 2.05) is 35.2 Å². The van der Waals surface area contributed by atoms with Crippen molar-refractivity contribution in [3.63, 3.8) is 0 Å². The molecule has 2 aromatic heterocycles. The van der Waals surface area contributed by atoms with Crippen molar-refractivity contribution in [3.8, 4) is 0 Å². The summed E-state index contributed by atoms with van der Waals surface area (Å²) in [6.07, 6.45) is 3.32. The molecule has 8 nitrogen and oxygen atoms in total. The van der Waals surface area contributed by atoms with Gasteiger partial charge in [-0.25, -0.2) is 9.89 Å². The average Bonchev–Trinajstić information content (AvgIpc) is 3.29. The highest BCUT2D eigenvalue weighted by molar-refractivity contribution is 5.92. The molecule has 1 N–H and O–H groups in total. The summed E-state index contributed by atoms with van der Waals surface area (Å²) in [4.78, 5) is 26.6. The smallest absolute Gasteiger partial charge is 0.337 e. The number of likely N-dealkylation sites (tertiary alicyclic amines) is 1. The lowest BCUT2D eigenvalue weighted by Crippen LogP contribution is -2.39. The van der Waals surface area contributed by atoms with E-state index < -0.39 is 0 Å². The van der Waals surface area contributed by atoms with Crippen LogP contribution in [-0.4, -0.2) is 48.4 Å². The molecule has 1 fully saturated rings. The molecule has 4 rings (SSSR count). The van der Waals surface area contributed by atoms with Crippen molar-refractivity contribution >= 4 is 5.91 Å². The molecule has 140 valence electrons. The minimum absolute atomic E-state index is 0.0437. The van der Waals surface area contributed by atoms with Crippen LogP contribution >= 0.6 is 0 Å². The van der Waals surface area contributed by atoms with Crippen LogP contribution in [0, 0.1) is 0 Å². The van der Waals surface area contributed by atoms with Crippen molar-refractivity contribution in [2.45, 2.75) is 25.3 Å². The van der Waals surface area contributed by atoms with Crippen LogP contribution in [0.4, 0.5) is 0 Å². The second-order valence-electron chi connectivity index (χ2n) is 6.90. The average molecular weight is 366 g/mol. The monoisotopic (exact) mass is 366 g/mol. The highest BCUT2D eigenvalue weighted by atomic mass is 16.2. The number of aromatic amines is 1. The number of amides is 1. The Hall–Kier alpha value is -3.16. The summed E-state index contributed by atoms with van der Waals surface area (Å²) < 4.78 is 3.34. The van der Waals surface area contributed by atoms with Gasteiger partial charge in [-0.05, 0) is 24.5 Å². The Morgan fingerprint density at radius 3 is 2.59 bits per heavy atom. The molecule has 1 amide bonds. The molecule has 0 bridgehead atoms. The molecule has 0 saturated carbocycles. The largest absolute Gasteiger partial charge is 0.343 e. The van der Waals surface area contributed by atoms with Gasteiger partial charge >= 0.3 is 5.69 Å². The van der Waals surface area contributed by atoms with Crippen molar-refractivity contribution in [2.75, 3.05) is 13.1 Å². The van der Waals surface area contributed by atoms with Crippen LogP contribution in [0.1, 0.15) is 40.6 Å². The lowest BCUT2D eigenvalue weighted by Gasteiger charge is -2.31. The van der Waals surface area contributed by atoms with Crippen LogP contribution in [0.2, 0.25) is 0 Å². The number of piperidine rings is 1. The van der Waals surface area contributed by atoms with Gasteiger partial charge in [0, 0.05) is 32.3 Å². The quantitative estimate of drug-likeness (QED) is 0.755. The summed E-state index contributed by atoms with van der Waals surface area (Å²) >= 11 is 0. The number of aryl methyl sites for hydroxylation is 1. The molecule has 0 aliphatic carbocycles. The van der Waals surface area contributed by atoms with Crippen LogP contribution in [0.15, 0.2) is 47.4 Å². The molecular weight excluding hydrogens is 344 g/mol. The fourth-order valence-electron chi connectivity index (χ4n) is 3.59. The van der Waals surface area contributed by atoms with Gasteiger partial charge in [0.25, 0.3) is 5.91 Å². The van der Waals surface area contributed by atoms with Gasteiger partial charge in [0.1, 0.15) is 11.5 Å². The maximum Gasteiger partial charge on any atom is 0.343 e. The van der Waals surface area contributed by atoms with Gasteiger partial charge in [-0.2, -0.15) is 10.2 Å². The number of nitrogens with one attached hydrogen (secondary N) is 1. The topological polar surface area (TPSA) is 88.8 Å². The number of rotatable bonds is 4. The second-order valence-corrected chi connectivity index (χ2v) is 6.90. The van der Waals surface area contributed by atoms with Crippen molar-refractivity contribution < 1.29 is 4.79 Å². The summed E-state index contributed by atoms with van der Waals surface area (Å²) in [5.41, 5.74) is 1.34. The van der Waals surface area contributed by atoms with Gasteiger partial charge in [-0.1, -0.05) is 30.3 Å². The minimum atomic E-state index is -0.194. The number of carbonyl (C=O) groups excluding carboxylic acids is 1.